The number of carboxylic acid groups (broad SMARTS) is 1. The number of thioether (sulfide) groups is 1. The molecule has 1 N–H and O–H groups in total. The van der Waals surface area contributed by atoms with Gasteiger partial charge in [-0.25, -0.2) is 9.79 Å². The maximum absolute atomic E-state index is 13.0. The molecule has 1 aromatic heterocycles. The lowest BCUT2D eigenvalue weighted by atomic mass is 10.2. The van der Waals surface area contributed by atoms with Crippen LogP contribution in [0.3, 0.4) is 0 Å². The molecule has 1 saturated heterocycles. The van der Waals surface area contributed by atoms with Gasteiger partial charge in [-0.05, 0) is 61.2 Å². The molecule has 1 amide bonds. The van der Waals surface area contributed by atoms with E-state index in [2.05, 4.69) is 4.99 Å². The van der Waals surface area contributed by atoms with Gasteiger partial charge in [0.15, 0.2) is 5.17 Å². The molecule has 0 radical (unpaired) electrons. The van der Waals surface area contributed by atoms with Gasteiger partial charge in [-0.1, -0.05) is 12.1 Å². The zero-order valence-electron chi connectivity index (χ0n) is 17.4. The second-order valence-electron chi connectivity index (χ2n) is 6.99. The fraction of sp³-hybridized carbons (Fsp3) is 0.0870. The van der Waals surface area contributed by atoms with Gasteiger partial charge in [0.05, 0.1) is 26.8 Å². The summed E-state index contributed by atoms with van der Waals surface area (Å²) in [6, 6.07) is 16.0. The molecule has 0 unspecified atom stereocenters. The van der Waals surface area contributed by atoms with E-state index in [9.17, 15) is 24.8 Å². The molecule has 0 spiro atoms. The molecule has 2 heterocycles. The van der Waals surface area contributed by atoms with E-state index in [4.69, 9.17) is 0 Å². The highest BCUT2D eigenvalue weighted by atomic mass is 32.2. The molecule has 0 bridgehead atoms. The number of non-ortho nitro benzene ring substituents is 1. The first-order chi connectivity index (χ1) is 15.9. The van der Waals surface area contributed by atoms with Gasteiger partial charge in [0.2, 0.25) is 0 Å². The molecule has 1 aliphatic rings. The lowest BCUT2D eigenvalue weighted by Crippen LogP contribution is -2.28. The van der Waals surface area contributed by atoms with Crippen LogP contribution in [0, 0.1) is 10.1 Å². The van der Waals surface area contributed by atoms with E-state index < -0.39 is 10.9 Å². The SMILES string of the molecule is CCN1C(=O)C(=Cc2cccn2-c2cccc([N+](=O)[O-])c2)SC1=Nc1cccc(C(=O)O)c1. The highest BCUT2D eigenvalue weighted by Gasteiger charge is 2.32. The average Bonchev–Trinajstić information content (AvgIpc) is 3.38. The number of carboxylic acids is 1. The zero-order chi connectivity index (χ0) is 23.5. The van der Waals surface area contributed by atoms with Crippen LogP contribution < -0.4 is 0 Å². The third-order valence-corrected chi connectivity index (χ3v) is 5.91. The first kappa shape index (κ1) is 22.0. The number of amidine groups is 1. The number of hydrogen-bond donors (Lipinski definition) is 1. The molecule has 0 atom stereocenters. The first-order valence-corrected chi connectivity index (χ1v) is 10.7. The number of carbonyl (C=O) groups excluding carboxylic acids is 1. The van der Waals surface area contributed by atoms with Crippen molar-refractivity contribution in [1.29, 1.82) is 0 Å². The minimum Gasteiger partial charge on any atom is -0.478 e. The average molecular weight is 462 g/mol. The van der Waals surface area contributed by atoms with Crippen molar-refractivity contribution >= 4 is 46.3 Å². The number of benzene rings is 2. The van der Waals surface area contributed by atoms with Crippen LogP contribution in [0.1, 0.15) is 23.0 Å². The number of nitrogens with zero attached hydrogens (tertiary/aromatic N) is 4. The van der Waals surface area contributed by atoms with Crippen molar-refractivity contribution in [2.45, 2.75) is 6.92 Å². The lowest BCUT2D eigenvalue weighted by molar-refractivity contribution is -0.384. The molecule has 4 rings (SSSR count). The van der Waals surface area contributed by atoms with Gasteiger partial charge in [0, 0.05) is 30.6 Å². The van der Waals surface area contributed by atoms with Crippen LogP contribution in [-0.2, 0) is 4.79 Å². The Morgan fingerprint density at radius 3 is 2.70 bits per heavy atom. The number of likely N-dealkylation sites (N-methyl/N-ethyl adjacent to an activating group) is 1. The summed E-state index contributed by atoms with van der Waals surface area (Å²) in [7, 11) is 0. The van der Waals surface area contributed by atoms with E-state index in [1.807, 2.05) is 6.92 Å². The van der Waals surface area contributed by atoms with Crippen LogP contribution in [0.5, 0.6) is 0 Å². The summed E-state index contributed by atoms with van der Waals surface area (Å²) in [5.41, 5.74) is 1.80. The van der Waals surface area contributed by atoms with Crippen molar-refractivity contribution < 1.29 is 19.6 Å². The molecular weight excluding hydrogens is 444 g/mol. The van der Waals surface area contributed by atoms with Crippen LogP contribution in [0.4, 0.5) is 11.4 Å². The van der Waals surface area contributed by atoms with Crippen molar-refractivity contribution in [3.05, 3.63) is 93.1 Å². The van der Waals surface area contributed by atoms with Crippen molar-refractivity contribution in [3.8, 4) is 5.69 Å². The monoisotopic (exact) mass is 462 g/mol. The van der Waals surface area contributed by atoms with Crippen molar-refractivity contribution in [3.63, 3.8) is 0 Å². The van der Waals surface area contributed by atoms with Crippen molar-refractivity contribution in [2.24, 2.45) is 4.99 Å². The second kappa shape index (κ2) is 9.13. The number of aromatic carboxylic acids is 1. The van der Waals surface area contributed by atoms with Gasteiger partial charge in [-0.3, -0.25) is 19.8 Å². The number of aliphatic imine (C=N–C) groups is 1. The molecule has 0 saturated carbocycles. The third kappa shape index (κ3) is 4.55. The molecule has 33 heavy (non-hydrogen) atoms. The number of nitro groups is 1. The summed E-state index contributed by atoms with van der Waals surface area (Å²) < 4.78 is 1.76. The molecule has 2 aromatic carbocycles. The predicted octanol–water partition coefficient (Wildman–Crippen LogP) is 4.71. The number of aromatic nitrogens is 1. The number of rotatable bonds is 6. The van der Waals surface area contributed by atoms with Gasteiger partial charge < -0.3 is 9.67 Å². The van der Waals surface area contributed by atoms with E-state index in [1.165, 1.54) is 40.9 Å². The first-order valence-electron chi connectivity index (χ1n) is 9.93. The quantitative estimate of drug-likeness (QED) is 0.322. The number of amides is 1. The molecule has 166 valence electrons. The molecule has 3 aromatic rings. The summed E-state index contributed by atoms with van der Waals surface area (Å²) in [5, 5.41) is 20.8. The van der Waals surface area contributed by atoms with Gasteiger partial charge >= 0.3 is 5.97 Å². The normalized spacial score (nSPS) is 16.0. The maximum atomic E-state index is 13.0. The van der Waals surface area contributed by atoms with Crippen LogP contribution in [-0.4, -0.2) is 43.1 Å². The second-order valence-corrected chi connectivity index (χ2v) is 8.00. The Morgan fingerprint density at radius 1 is 1.18 bits per heavy atom. The van der Waals surface area contributed by atoms with E-state index >= 15 is 0 Å². The van der Waals surface area contributed by atoms with Gasteiger partial charge in [-0.15, -0.1) is 0 Å². The molecule has 10 heteroatoms. The standard InChI is InChI=1S/C23H18N4O5S/c1-2-25-21(28)20(33-23(25)24-16-7-3-6-15(12-16)22(29)30)14-18-10-5-11-26(18)17-8-4-9-19(13-17)27(31)32/h3-14H,2H2,1H3,(H,29,30). The van der Waals surface area contributed by atoms with Gasteiger partial charge in [0.25, 0.3) is 11.6 Å². The topological polar surface area (TPSA) is 118 Å². The number of nitro benzene ring substituents is 1. The molecule has 0 aliphatic carbocycles. The summed E-state index contributed by atoms with van der Waals surface area (Å²) in [6.07, 6.45) is 3.48. The van der Waals surface area contributed by atoms with Crippen LogP contribution >= 0.6 is 11.8 Å². The summed E-state index contributed by atoms with van der Waals surface area (Å²) in [6.45, 7) is 2.23. The van der Waals surface area contributed by atoms with E-state index in [1.54, 1.807) is 53.2 Å². The van der Waals surface area contributed by atoms with Crippen molar-refractivity contribution in [2.75, 3.05) is 6.54 Å². The Bertz CT molecular complexity index is 1330. The smallest absolute Gasteiger partial charge is 0.335 e. The zero-order valence-corrected chi connectivity index (χ0v) is 18.2. The van der Waals surface area contributed by atoms with Gasteiger partial charge in [-0.2, -0.15) is 0 Å². The van der Waals surface area contributed by atoms with E-state index in [0.717, 1.165) is 0 Å². The number of carbonyl (C=O) groups is 2. The Kier molecular flexibility index (Phi) is 6.09. The Morgan fingerprint density at radius 2 is 1.97 bits per heavy atom. The van der Waals surface area contributed by atoms with E-state index in [0.29, 0.717) is 33.7 Å². The highest BCUT2D eigenvalue weighted by Crippen LogP contribution is 2.34. The summed E-state index contributed by atoms with van der Waals surface area (Å²) >= 11 is 1.19. The van der Waals surface area contributed by atoms with Crippen molar-refractivity contribution in [1.82, 2.24) is 9.47 Å². The van der Waals surface area contributed by atoms with Crippen LogP contribution in [0.15, 0.2) is 76.8 Å². The third-order valence-electron chi connectivity index (χ3n) is 4.90. The molecule has 1 fully saturated rings. The minimum absolute atomic E-state index is 0.0266. The molecule has 1 aliphatic heterocycles. The Balaban J connectivity index is 1.68. The predicted molar refractivity (Wildman–Crippen MR) is 126 cm³/mol. The van der Waals surface area contributed by atoms with Gasteiger partial charge in [0.1, 0.15) is 0 Å². The summed E-state index contributed by atoms with van der Waals surface area (Å²) in [4.78, 5) is 41.4. The molecular formula is C23H18N4O5S. The lowest BCUT2D eigenvalue weighted by Gasteiger charge is -2.12. The number of hydrogen-bond acceptors (Lipinski definition) is 6. The Labute approximate surface area is 192 Å². The van der Waals surface area contributed by atoms with E-state index in [-0.39, 0.29) is 17.2 Å². The fourth-order valence-corrected chi connectivity index (χ4v) is 4.37. The highest BCUT2D eigenvalue weighted by molar-refractivity contribution is 8.18. The minimum atomic E-state index is -1.05. The maximum Gasteiger partial charge on any atom is 0.335 e. The van der Waals surface area contributed by atoms with Crippen LogP contribution in [0.2, 0.25) is 0 Å². The van der Waals surface area contributed by atoms with Crippen LogP contribution in [0.25, 0.3) is 11.8 Å². The summed E-state index contributed by atoms with van der Waals surface area (Å²) in [5.74, 6) is -1.27. The largest absolute Gasteiger partial charge is 0.478 e. The Hall–Kier alpha value is -4.18. The molecule has 9 nitrogen and oxygen atoms in total. The fourth-order valence-electron chi connectivity index (χ4n) is 3.33.